The van der Waals surface area contributed by atoms with E-state index in [1.54, 1.807) is 19.2 Å². The van der Waals surface area contributed by atoms with Crippen molar-refractivity contribution in [1.29, 1.82) is 0 Å². The van der Waals surface area contributed by atoms with Gasteiger partial charge in [-0.15, -0.1) is 0 Å². The van der Waals surface area contributed by atoms with Gasteiger partial charge in [0.25, 0.3) is 5.69 Å². The number of nitrogens with zero attached hydrogens (tertiary/aromatic N) is 2. The predicted octanol–water partition coefficient (Wildman–Crippen LogP) is 2.87. The molecule has 2 rings (SSSR count). The highest BCUT2D eigenvalue weighted by Gasteiger charge is 2.30. The first kappa shape index (κ1) is 13.8. The summed E-state index contributed by atoms with van der Waals surface area (Å²) in [5.74, 6) is 0.802. The molecule has 1 aliphatic rings. The minimum atomic E-state index is -0.334. The highest BCUT2D eigenvalue weighted by molar-refractivity contribution is 5.62. The zero-order chi connectivity index (χ0) is 14.0. The molecule has 1 aromatic rings. The summed E-state index contributed by atoms with van der Waals surface area (Å²) in [6.07, 6.45) is 2.62. The van der Waals surface area contributed by atoms with Gasteiger partial charge in [0.1, 0.15) is 5.69 Å². The molecule has 1 atom stereocenters. The van der Waals surface area contributed by atoms with Crippen molar-refractivity contribution in [3.8, 4) is 0 Å². The molecule has 0 aliphatic heterocycles. The third-order valence-corrected chi connectivity index (χ3v) is 3.96. The number of hydrogen-bond donors (Lipinski definition) is 1. The van der Waals surface area contributed by atoms with Crippen LogP contribution in [0.3, 0.4) is 0 Å². The van der Waals surface area contributed by atoms with E-state index >= 15 is 0 Å². The number of rotatable bonds is 6. The first-order valence-corrected chi connectivity index (χ1v) is 6.68. The van der Waals surface area contributed by atoms with Gasteiger partial charge in [-0.1, -0.05) is 6.07 Å². The fraction of sp³-hybridized carbons (Fsp3) is 0.571. The number of hydrogen-bond acceptors (Lipinski definition) is 4. The molecule has 5 nitrogen and oxygen atoms in total. The molecule has 5 heteroatoms. The molecule has 0 bridgehead atoms. The summed E-state index contributed by atoms with van der Waals surface area (Å²) < 4.78 is 0. The summed E-state index contributed by atoms with van der Waals surface area (Å²) in [5.41, 5.74) is 1.69. The Bertz CT molecular complexity index is 472. The standard InChI is InChI=1S/C14H21N3O2/c1-10(12-5-6-12)16(3)9-11-4-7-13(15-2)14(8-11)17(18)19/h4,7-8,10,12,15H,5-6,9H2,1-3H3. The normalized spacial score (nSPS) is 16.4. The van der Waals surface area contributed by atoms with Gasteiger partial charge in [-0.05, 0) is 44.4 Å². The molecule has 1 saturated carbocycles. The summed E-state index contributed by atoms with van der Waals surface area (Å²) in [4.78, 5) is 13.0. The molecule has 104 valence electrons. The van der Waals surface area contributed by atoms with Gasteiger partial charge in [-0.3, -0.25) is 15.0 Å². The van der Waals surface area contributed by atoms with Crippen LogP contribution in [-0.2, 0) is 6.54 Å². The van der Waals surface area contributed by atoms with Crippen molar-refractivity contribution in [3.05, 3.63) is 33.9 Å². The number of nitro groups is 1. The lowest BCUT2D eigenvalue weighted by atomic mass is 10.1. The van der Waals surface area contributed by atoms with Crippen LogP contribution in [0.25, 0.3) is 0 Å². The summed E-state index contributed by atoms with van der Waals surface area (Å²) in [7, 11) is 3.78. The van der Waals surface area contributed by atoms with Crippen LogP contribution in [0.4, 0.5) is 11.4 Å². The number of nitro benzene ring substituents is 1. The second kappa shape index (κ2) is 5.57. The number of nitrogens with one attached hydrogen (secondary N) is 1. The topological polar surface area (TPSA) is 58.4 Å². The van der Waals surface area contributed by atoms with Gasteiger partial charge in [0, 0.05) is 25.7 Å². The van der Waals surface area contributed by atoms with Gasteiger partial charge >= 0.3 is 0 Å². The average Bonchev–Trinajstić information content (AvgIpc) is 3.21. The van der Waals surface area contributed by atoms with Gasteiger partial charge in [0.05, 0.1) is 4.92 Å². The Hall–Kier alpha value is -1.62. The van der Waals surface area contributed by atoms with E-state index in [4.69, 9.17) is 0 Å². The van der Waals surface area contributed by atoms with E-state index in [-0.39, 0.29) is 10.6 Å². The van der Waals surface area contributed by atoms with Crippen LogP contribution in [0.1, 0.15) is 25.3 Å². The van der Waals surface area contributed by atoms with Crippen LogP contribution < -0.4 is 5.32 Å². The smallest absolute Gasteiger partial charge is 0.292 e. The minimum Gasteiger partial charge on any atom is -0.383 e. The van der Waals surface area contributed by atoms with Crippen LogP contribution in [0.15, 0.2) is 18.2 Å². The maximum atomic E-state index is 11.0. The molecule has 1 aliphatic carbocycles. The molecule has 0 amide bonds. The summed E-state index contributed by atoms with van der Waals surface area (Å²) >= 11 is 0. The third kappa shape index (κ3) is 3.23. The van der Waals surface area contributed by atoms with E-state index in [1.807, 2.05) is 6.07 Å². The summed E-state index contributed by atoms with van der Waals surface area (Å²) in [6.45, 7) is 2.98. The van der Waals surface area contributed by atoms with Crippen molar-refractivity contribution in [2.75, 3.05) is 19.4 Å². The number of anilines is 1. The lowest BCUT2D eigenvalue weighted by Gasteiger charge is -2.24. The van der Waals surface area contributed by atoms with E-state index in [2.05, 4.69) is 24.2 Å². The van der Waals surface area contributed by atoms with Gasteiger partial charge in [0.15, 0.2) is 0 Å². The van der Waals surface area contributed by atoms with Crippen molar-refractivity contribution >= 4 is 11.4 Å². The van der Waals surface area contributed by atoms with Crippen LogP contribution in [0.5, 0.6) is 0 Å². The fourth-order valence-corrected chi connectivity index (χ4v) is 2.41. The van der Waals surface area contributed by atoms with Crippen LogP contribution >= 0.6 is 0 Å². The molecular formula is C14H21N3O2. The SMILES string of the molecule is CNc1ccc(CN(C)C(C)C2CC2)cc1[N+](=O)[O-]. The van der Waals surface area contributed by atoms with Gasteiger partial charge in [-0.25, -0.2) is 0 Å². The monoisotopic (exact) mass is 263 g/mol. The molecule has 1 fully saturated rings. The Morgan fingerprint density at radius 2 is 2.21 bits per heavy atom. The quantitative estimate of drug-likeness (QED) is 0.633. The molecule has 1 aromatic carbocycles. The van der Waals surface area contributed by atoms with Crippen LogP contribution in [0, 0.1) is 16.0 Å². The van der Waals surface area contributed by atoms with E-state index in [9.17, 15) is 10.1 Å². The molecule has 19 heavy (non-hydrogen) atoms. The third-order valence-electron chi connectivity index (χ3n) is 3.96. The Morgan fingerprint density at radius 3 is 2.74 bits per heavy atom. The Kier molecular flexibility index (Phi) is 4.04. The molecule has 0 spiro atoms. The van der Waals surface area contributed by atoms with Crippen molar-refractivity contribution in [2.45, 2.75) is 32.4 Å². The largest absolute Gasteiger partial charge is 0.383 e. The highest BCUT2D eigenvalue weighted by atomic mass is 16.6. The van der Waals surface area contributed by atoms with Crippen molar-refractivity contribution in [2.24, 2.45) is 5.92 Å². The van der Waals surface area contributed by atoms with E-state index in [0.29, 0.717) is 11.7 Å². The van der Waals surface area contributed by atoms with E-state index in [0.717, 1.165) is 18.0 Å². The number of benzene rings is 1. The van der Waals surface area contributed by atoms with Crippen molar-refractivity contribution in [1.82, 2.24) is 4.90 Å². The molecule has 1 N–H and O–H groups in total. The Morgan fingerprint density at radius 1 is 1.53 bits per heavy atom. The second-order valence-electron chi connectivity index (χ2n) is 5.35. The van der Waals surface area contributed by atoms with E-state index < -0.39 is 0 Å². The minimum absolute atomic E-state index is 0.146. The second-order valence-corrected chi connectivity index (χ2v) is 5.35. The highest BCUT2D eigenvalue weighted by Crippen LogP contribution is 2.35. The lowest BCUT2D eigenvalue weighted by molar-refractivity contribution is -0.384. The maximum Gasteiger partial charge on any atom is 0.292 e. The van der Waals surface area contributed by atoms with E-state index in [1.165, 1.54) is 12.8 Å². The van der Waals surface area contributed by atoms with Crippen LogP contribution in [-0.4, -0.2) is 30.0 Å². The molecule has 0 heterocycles. The van der Waals surface area contributed by atoms with Crippen molar-refractivity contribution in [3.63, 3.8) is 0 Å². The van der Waals surface area contributed by atoms with Gasteiger partial charge in [-0.2, -0.15) is 0 Å². The first-order valence-electron chi connectivity index (χ1n) is 6.68. The maximum absolute atomic E-state index is 11.0. The first-order chi connectivity index (χ1) is 9.02. The van der Waals surface area contributed by atoms with Gasteiger partial charge < -0.3 is 5.32 Å². The molecular weight excluding hydrogens is 242 g/mol. The Labute approximate surface area is 113 Å². The lowest BCUT2D eigenvalue weighted by Crippen LogP contribution is -2.30. The van der Waals surface area contributed by atoms with Crippen LogP contribution in [0.2, 0.25) is 0 Å². The predicted molar refractivity (Wildman–Crippen MR) is 76.3 cm³/mol. The van der Waals surface area contributed by atoms with Crippen molar-refractivity contribution < 1.29 is 4.92 Å². The zero-order valence-electron chi connectivity index (χ0n) is 11.7. The molecule has 0 radical (unpaired) electrons. The Balaban J connectivity index is 2.11. The molecule has 0 saturated heterocycles. The summed E-state index contributed by atoms with van der Waals surface area (Å²) in [6, 6.07) is 5.95. The molecule has 0 aromatic heterocycles. The zero-order valence-corrected chi connectivity index (χ0v) is 11.7. The summed E-state index contributed by atoms with van der Waals surface area (Å²) in [5, 5.41) is 13.9. The average molecular weight is 263 g/mol. The van der Waals surface area contributed by atoms with Gasteiger partial charge in [0.2, 0.25) is 0 Å². The molecule has 1 unspecified atom stereocenters. The fourth-order valence-electron chi connectivity index (χ4n) is 2.41.